The molecule has 7 heteroatoms. The van der Waals surface area contributed by atoms with Gasteiger partial charge in [-0.3, -0.25) is 0 Å². The molecule has 3 aromatic carbocycles. The largest absolute Gasteiger partial charge is 0.489 e. The molecule has 2 heterocycles. The first-order valence-corrected chi connectivity index (χ1v) is 10.9. The van der Waals surface area contributed by atoms with Crippen LogP contribution in [0.15, 0.2) is 83.3 Å². The van der Waals surface area contributed by atoms with Gasteiger partial charge in [0.15, 0.2) is 5.58 Å². The van der Waals surface area contributed by atoms with Gasteiger partial charge in [-0.05, 0) is 48.9 Å². The van der Waals surface area contributed by atoms with Crippen LogP contribution in [0.2, 0.25) is 0 Å². The van der Waals surface area contributed by atoms with Gasteiger partial charge in [-0.1, -0.05) is 36.4 Å². The van der Waals surface area contributed by atoms with Crippen LogP contribution in [0.1, 0.15) is 28.9 Å². The molecule has 0 aliphatic heterocycles. The van der Waals surface area contributed by atoms with Crippen molar-refractivity contribution in [2.24, 2.45) is 0 Å². The van der Waals surface area contributed by atoms with E-state index >= 15 is 0 Å². The number of carbonyl (C=O) groups excluding carboxylic acids is 1. The van der Waals surface area contributed by atoms with E-state index in [0.717, 1.165) is 27.9 Å². The highest BCUT2D eigenvalue weighted by Gasteiger charge is 2.15. The number of ether oxygens (including phenoxy) is 3. The normalized spacial score (nSPS) is 11.0. The maximum absolute atomic E-state index is 11.8. The minimum absolute atomic E-state index is 0.0697. The zero-order chi connectivity index (χ0) is 23.3. The van der Waals surface area contributed by atoms with Crippen LogP contribution in [-0.2, 0) is 18.0 Å². The molecule has 2 aromatic heterocycles. The van der Waals surface area contributed by atoms with Gasteiger partial charge >= 0.3 is 11.9 Å². The summed E-state index contributed by atoms with van der Waals surface area (Å²) >= 11 is 0. The number of benzene rings is 3. The molecule has 0 radical (unpaired) electrons. The lowest BCUT2D eigenvalue weighted by molar-refractivity contribution is 0.0483. The zero-order valence-corrected chi connectivity index (χ0v) is 18.6. The first-order valence-electron chi connectivity index (χ1n) is 10.9. The van der Waals surface area contributed by atoms with Crippen LogP contribution in [0.5, 0.6) is 11.5 Å². The fourth-order valence-electron chi connectivity index (χ4n) is 3.51. The van der Waals surface area contributed by atoms with Gasteiger partial charge in [0.25, 0.3) is 0 Å². The van der Waals surface area contributed by atoms with Crippen molar-refractivity contribution in [3.8, 4) is 11.5 Å². The lowest BCUT2D eigenvalue weighted by Crippen LogP contribution is -2.04. The summed E-state index contributed by atoms with van der Waals surface area (Å²) in [5.74, 6) is 0.684. The predicted molar refractivity (Wildman–Crippen MR) is 127 cm³/mol. The van der Waals surface area contributed by atoms with Gasteiger partial charge in [0, 0.05) is 11.5 Å². The van der Waals surface area contributed by atoms with Gasteiger partial charge in [0.05, 0.1) is 17.8 Å². The Morgan fingerprint density at radius 2 is 1.68 bits per heavy atom. The molecule has 0 unspecified atom stereocenters. The van der Waals surface area contributed by atoms with Crippen molar-refractivity contribution in [2.75, 3.05) is 6.61 Å². The number of hydrogen-bond acceptors (Lipinski definition) is 7. The third kappa shape index (κ3) is 4.83. The highest BCUT2D eigenvalue weighted by Crippen LogP contribution is 2.24. The molecule has 170 valence electrons. The van der Waals surface area contributed by atoms with E-state index in [1.54, 1.807) is 25.1 Å². The summed E-state index contributed by atoms with van der Waals surface area (Å²) in [4.78, 5) is 20.6. The second-order valence-electron chi connectivity index (χ2n) is 7.59. The zero-order valence-electron chi connectivity index (χ0n) is 18.6. The van der Waals surface area contributed by atoms with E-state index in [-0.39, 0.29) is 12.5 Å². The molecule has 5 aromatic rings. The van der Waals surface area contributed by atoms with E-state index in [1.807, 2.05) is 60.7 Å². The van der Waals surface area contributed by atoms with Crippen molar-refractivity contribution in [3.63, 3.8) is 0 Å². The molecule has 0 amide bonds. The van der Waals surface area contributed by atoms with E-state index < -0.39 is 5.97 Å². The molecule has 0 atom stereocenters. The second kappa shape index (κ2) is 9.62. The van der Waals surface area contributed by atoms with Crippen molar-refractivity contribution >= 4 is 28.0 Å². The van der Waals surface area contributed by atoms with E-state index in [9.17, 15) is 4.79 Å². The molecule has 0 aliphatic rings. The SMILES string of the molecule is CCOC(=O)c1nc2ccc(OCc3cccc(OCc4ccc5ccccc5n4)c3)cc2o1. The van der Waals surface area contributed by atoms with Crippen LogP contribution in [0.25, 0.3) is 22.0 Å². The average molecular weight is 454 g/mol. The van der Waals surface area contributed by atoms with Crippen molar-refractivity contribution in [1.29, 1.82) is 0 Å². The van der Waals surface area contributed by atoms with Crippen LogP contribution < -0.4 is 9.47 Å². The Morgan fingerprint density at radius 3 is 2.59 bits per heavy atom. The van der Waals surface area contributed by atoms with Crippen molar-refractivity contribution in [1.82, 2.24) is 9.97 Å². The van der Waals surface area contributed by atoms with Crippen LogP contribution in [-0.4, -0.2) is 22.5 Å². The topological polar surface area (TPSA) is 83.7 Å². The molecular formula is C27H22N2O5. The van der Waals surface area contributed by atoms with Gasteiger partial charge in [0.2, 0.25) is 0 Å². The summed E-state index contributed by atoms with van der Waals surface area (Å²) in [6, 6.07) is 25.0. The Hall–Kier alpha value is -4.39. The molecule has 34 heavy (non-hydrogen) atoms. The number of carbonyl (C=O) groups is 1. The fourth-order valence-corrected chi connectivity index (χ4v) is 3.51. The van der Waals surface area contributed by atoms with E-state index in [4.69, 9.17) is 18.6 Å². The Kier molecular flexibility index (Phi) is 6.07. The molecule has 0 saturated heterocycles. The number of hydrogen-bond donors (Lipinski definition) is 0. The summed E-state index contributed by atoms with van der Waals surface area (Å²) in [5, 5.41) is 1.10. The maximum atomic E-state index is 11.8. The summed E-state index contributed by atoms with van der Waals surface area (Å²) in [6.07, 6.45) is 0. The number of pyridine rings is 1. The number of oxazole rings is 1. The Balaban J connectivity index is 1.22. The van der Waals surface area contributed by atoms with E-state index in [1.165, 1.54) is 0 Å². The molecule has 0 fully saturated rings. The smallest absolute Gasteiger partial charge is 0.394 e. The second-order valence-corrected chi connectivity index (χ2v) is 7.59. The first-order chi connectivity index (χ1) is 16.7. The quantitative estimate of drug-likeness (QED) is 0.278. The lowest BCUT2D eigenvalue weighted by Gasteiger charge is -2.10. The third-order valence-corrected chi connectivity index (χ3v) is 5.16. The first kappa shape index (κ1) is 21.5. The maximum Gasteiger partial charge on any atom is 0.394 e. The van der Waals surface area contributed by atoms with Gasteiger partial charge in [0.1, 0.15) is 30.2 Å². The minimum Gasteiger partial charge on any atom is -0.489 e. The highest BCUT2D eigenvalue weighted by molar-refractivity contribution is 5.88. The molecule has 0 N–H and O–H groups in total. The predicted octanol–water partition coefficient (Wildman–Crippen LogP) is 5.71. The molecule has 0 aliphatic carbocycles. The van der Waals surface area contributed by atoms with Gasteiger partial charge in [-0.25, -0.2) is 14.8 Å². The molecule has 7 nitrogen and oxygen atoms in total. The summed E-state index contributed by atoms with van der Waals surface area (Å²) in [6.45, 7) is 2.70. The Morgan fingerprint density at radius 1 is 0.824 bits per heavy atom. The molecule has 0 saturated carbocycles. The molecular weight excluding hydrogens is 432 g/mol. The summed E-state index contributed by atoms with van der Waals surface area (Å²) < 4.78 is 22.3. The third-order valence-electron chi connectivity index (χ3n) is 5.16. The number of fused-ring (bicyclic) bond motifs is 2. The van der Waals surface area contributed by atoms with Crippen molar-refractivity contribution in [3.05, 3.63) is 96.0 Å². The Bertz CT molecular complexity index is 1460. The van der Waals surface area contributed by atoms with Gasteiger partial charge < -0.3 is 18.6 Å². The molecule has 0 bridgehead atoms. The summed E-state index contributed by atoms with van der Waals surface area (Å²) in [5.41, 5.74) is 3.79. The van der Waals surface area contributed by atoms with Crippen LogP contribution in [0, 0.1) is 0 Å². The molecule has 0 spiro atoms. The summed E-state index contributed by atoms with van der Waals surface area (Å²) in [7, 11) is 0. The van der Waals surface area contributed by atoms with E-state index in [2.05, 4.69) is 9.97 Å². The van der Waals surface area contributed by atoms with Gasteiger partial charge in [-0.15, -0.1) is 0 Å². The van der Waals surface area contributed by atoms with Crippen molar-refractivity contribution < 1.29 is 23.4 Å². The lowest BCUT2D eigenvalue weighted by atomic mass is 10.2. The Labute approximate surface area is 195 Å². The average Bonchev–Trinajstić information content (AvgIpc) is 3.30. The monoisotopic (exact) mass is 454 g/mol. The highest BCUT2D eigenvalue weighted by atomic mass is 16.5. The van der Waals surface area contributed by atoms with Crippen LogP contribution in [0.3, 0.4) is 0 Å². The number of esters is 1. The number of para-hydroxylation sites is 1. The fraction of sp³-hybridized carbons (Fsp3) is 0.148. The van der Waals surface area contributed by atoms with Gasteiger partial charge in [-0.2, -0.15) is 0 Å². The number of rotatable bonds is 8. The minimum atomic E-state index is -0.586. The number of aromatic nitrogens is 2. The van der Waals surface area contributed by atoms with Crippen LogP contribution in [0.4, 0.5) is 0 Å². The number of nitrogens with zero attached hydrogens (tertiary/aromatic N) is 2. The van der Waals surface area contributed by atoms with E-state index in [0.29, 0.717) is 30.1 Å². The van der Waals surface area contributed by atoms with Crippen LogP contribution >= 0.6 is 0 Å². The molecule has 5 rings (SSSR count). The van der Waals surface area contributed by atoms with Crippen molar-refractivity contribution in [2.45, 2.75) is 20.1 Å². The standard InChI is InChI=1S/C27H22N2O5/c1-2-31-27(30)26-29-24-13-12-22(15-25(24)34-26)32-16-18-6-5-8-21(14-18)33-17-20-11-10-19-7-3-4-9-23(19)28-20/h3-15H,2,16-17H2,1H3.